The Hall–Kier alpha value is -1.86. The van der Waals surface area contributed by atoms with Gasteiger partial charge in [-0.15, -0.1) is 0 Å². The van der Waals surface area contributed by atoms with Crippen LogP contribution in [0.15, 0.2) is 10.5 Å². The number of nitrogens with zero attached hydrogens (tertiary/aromatic N) is 3. The number of piperidine rings is 1. The second-order valence-corrected chi connectivity index (χ2v) is 9.99. The minimum absolute atomic E-state index is 0.00517. The average Bonchev–Trinajstić information content (AvgIpc) is 3.48. The lowest BCUT2D eigenvalue weighted by molar-refractivity contribution is -0.122. The summed E-state index contributed by atoms with van der Waals surface area (Å²) in [6.45, 7) is 9.35. The first-order valence-corrected chi connectivity index (χ1v) is 13.3. The summed E-state index contributed by atoms with van der Waals surface area (Å²) < 4.78 is 6.07. The molecule has 33 heavy (non-hydrogen) atoms. The van der Waals surface area contributed by atoms with Gasteiger partial charge in [-0.05, 0) is 77.2 Å². The van der Waals surface area contributed by atoms with Gasteiger partial charge in [0.1, 0.15) is 5.76 Å². The molecule has 3 saturated heterocycles. The van der Waals surface area contributed by atoms with Crippen molar-refractivity contribution in [1.82, 2.24) is 20.0 Å². The molecule has 0 aliphatic carbocycles. The van der Waals surface area contributed by atoms with Crippen LogP contribution in [-0.2, 0) is 17.8 Å². The largest absolute Gasteiger partial charge is 0.456 e. The molecular formula is C26H42N4O3. The first-order valence-electron chi connectivity index (χ1n) is 13.3. The molecule has 1 aromatic rings. The summed E-state index contributed by atoms with van der Waals surface area (Å²) >= 11 is 0. The minimum atomic E-state index is -0.00517. The van der Waals surface area contributed by atoms with Crippen LogP contribution in [0.1, 0.15) is 86.6 Å². The van der Waals surface area contributed by atoms with Crippen LogP contribution < -0.4 is 5.32 Å². The van der Waals surface area contributed by atoms with E-state index < -0.39 is 0 Å². The molecule has 7 nitrogen and oxygen atoms in total. The lowest BCUT2D eigenvalue weighted by Gasteiger charge is -2.35. The summed E-state index contributed by atoms with van der Waals surface area (Å²) in [4.78, 5) is 32.8. The second-order valence-electron chi connectivity index (χ2n) is 9.99. The normalized spacial score (nSPS) is 24.5. The molecule has 2 amide bonds. The lowest BCUT2D eigenvalue weighted by atomic mass is 9.98. The molecule has 1 atom stereocenters. The molecule has 3 fully saturated rings. The number of carbonyl (C=O) groups is 2. The molecule has 0 bridgehead atoms. The van der Waals surface area contributed by atoms with Crippen molar-refractivity contribution >= 4 is 11.8 Å². The fourth-order valence-corrected chi connectivity index (χ4v) is 5.64. The number of hydrogen-bond donors (Lipinski definition) is 1. The quantitative estimate of drug-likeness (QED) is 0.749. The molecule has 0 saturated carbocycles. The highest BCUT2D eigenvalue weighted by molar-refractivity contribution is 5.91. The third-order valence-electron chi connectivity index (χ3n) is 7.53. The molecule has 3 aliphatic rings. The third kappa shape index (κ3) is 6.60. The molecule has 0 aromatic carbocycles. The van der Waals surface area contributed by atoms with Crippen LogP contribution in [0.25, 0.3) is 0 Å². The molecule has 4 heterocycles. The molecule has 1 aromatic heterocycles. The molecule has 0 spiro atoms. The maximum Gasteiger partial charge on any atom is 0.289 e. The van der Waals surface area contributed by atoms with Gasteiger partial charge in [-0.3, -0.25) is 19.4 Å². The van der Waals surface area contributed by atoms with Crippen molar-refractivity contribution in [2.24, 2.45) is 0 Å². The Morgan fingerprint density at radius 2 is 1.70 bits per heavy atom. The van der Waals surface area contributed by atoms with Crippen molar-refractivity contribution in [2.75, 3.05) is 45.8 Å². The van der Waals surface area contributed by atoms with Gasteiger partial charge in [0.15, 0.2) is 5.76 Å². The maximum atomic E-state index is 13.4. The zero-order valence-electron chi connectivity index (χ0n) is 20.4. The van der Waals surface area contributed by atoms with E-state index in [9.17, 15) is 9.59 Å². The van der Waals surface area contributed by atoms with Gasteiger partial charge in [0, 0.05) is 50.6 Å². The van der Waals surface area contributed by atoms with E-state index in [1.807, 2.05) is 11.0 Å². The van der Waals surface area contributed by atoms with Crippen molar-refractivity contribution in [1.29, 1.82) is 0 Å². The van der Waals surface area contributed by atoms with Crippen molar-refractivity contribution in [2.45, 2.75) is 83.7 Å². The van der Waals surface area contributed by atoms with E-state index in [0.717, 1.165) is 82.7 Å². The summed E-state index contributed by atoms with van der Waals surface area (Å²) in [5.41, 5.74) is 1.16. The van der Waals surface area contributed by atoms with E-state index in [-0.39, 0.29) is 11.8 Å². The molecule has 3 aliphatic heterocycles. The highest BCUT2D eigenvalue weighted by Crippen LogP contribution is 2.23. The van der Waals surface area contributed by atoms with Gasteiger partial charge in [-0.2, -0.15) is 0 Å². The lowest BCUT2D eigenvalue weighted by Crippen LogP contribution is -2.43. The van der Waals surface area contributed by atoms with Gasteiger partial charge >= 0.3 is 0 Å². The topological polar surface area (TPSA) is 69.0 Å². The number of likely N-dealkylation sites (tertiary alicyclic amines) is 1. The number of hydrogen-bond acceptors (Lipinski definition) is 5. The average molecular weight is 459 g/mol. The van der Waals surface area contributed by atoms with Crippen LogP contribution >= 0.6 is 0 Å². The van der Waals surface area contributed by atoms with Gasteiger partial charge in [0.05, 0.1) is 0 Å². The van der Waals surface area contributed by atoms with Crippen molar-refractivity contribution in [3.63, 3.8) is 0 Å². The summed E-state index contributed by atoms with van der Waals surface area (Å²) in [7, 11) is 0. The highest BCUT2D eigenvalue weighted by Gasteiger charge is 2.26. The number of aryl methyl sites for hydroxylation is 1. The Kier molecular flexibility index (Phi) is 8.84. The number of fused-ring (bicyclic) bond motifs is 1. The molecule has 4 rings (SSSR count). The van der Waals surface area contributed by atoms with Crippen molar-refractivity contribution < 1.29 is 14.0 Å². The molecule has 7 heteroatoms. The smallest absolute Gasteiger partial charge is 0.289 e. The van der Waals surface area contributed by atoms with Gasteiger partial charge in [-0.25, -0.2) is 0 Å². The Morgan fingerprint density at radius 3 is 2.48 bits per heavy atom. The van der Waals surface area contributed by atoms with Crippen LogP contribution in [0.5, 0.6) is 0 Å². The number of rotatable bonds is 4. The number of furan rings is 1. The van der Waals surface area contributed by atoms with Crippen LogP contribution in [0, 0.1) is 0 Å². The van der Waals surface area contributed by atoms with E-state index >= 15 is 0 Å². The fraction of sp³-hybridized carbons (Fsp3) is 0.769. The predicted octanol–water partition coefficient (Wildman–Crippen LogP) is 3.42. The molecule has 1 N–H and O–H groups in total. The van der Waals surface area contributed by atoms with E-state index in [1.54, 1.807) is 0 Å². The number of nitrogens with one attached hydrogen (secondary N) is 1. The first-order chi connectivity index (χ1) is 16.1. The van der Waals surface area contributed by atoms with Crippen LogP contribution in [0.4, 0.5) is 0 Å². The second kappa shape index (κ2) is 12.0. The third-order valence-corrected chi connectivity index (χ3v) is 7.53. The SMILES string of the molecule is CCc1oc(C(=O)N2CCCCN3CCCCC3CC(=O)NCCC2)cc1CN1CCCC1. The summed E-state index contributed by atoms with van der Waals surface area (Å²) in [6, 6.07) is 2.36. The van der Waals surface area contributed by atoms with E-state index in [2.05, 4.69) is 22.0 Å². The van der Waals surface area contributed by atoms with Crippen LogP contribution in [-0.4, -0.2) is 78.4 Å². The molecule has 0 radical (unpaired) electrons. The highest BCUT2D eigenvalue weighted by atomic mass is 16.4. The zero-order chi connectivity index (χ0) is 23.0. The van der Waals surface area contributed by atoms with Gasteiger partial charge in [0.25, 0.3) is 5.91 Å². The van der Waals surface area contributed by atoms with Gasteiger partial charge < -0.3 is 14.6 Å². The molecule has 1 unspecified atom stereocenters. The van der Waals surface area contributed by atoms with Crippen molar-refractivity contribution in [3.8, 4) is 0 Å². The summed E-state index contributed by atoms with van der Waals surface area (Å²) in [5.74, 6) is 1.56. The van der Waals surface area contributed by atoms with E-state index in [4.69, 9.17) is 4.42 Å². The Bertz CT molecular complexity index is 786. The Balaban J connectivity index is 1.40. The number of carbonyl (C=O) groups excluding carboxylic acids is 2. The fourth-order valence-electron chi connectivity index (χ4n) is 5.64. The zero-order valence-corrected chi connectivity index (χ0v) is 20.4. The van der Waals surface area contributed by atoms with Crippen molar-refractivity contribution in [3.05, 3.63) is 23.2 Å². The summed E-state index contributed by atoms with van der Waals surface area (Å²) in [6.07, 6.45) is 10.3. The first kappa shape index (κ1) is 24.3. The summed E-state index contributed by atoms with van der Waals surface area (Å²) in [5, 5.41) is 3.08. The Labute approximate surface area is 198 Å². The number of amides is 2. The van der Waals surface area contributed by atoms with Gasteiger partial charge in [-0.1, -0.05) is 13.3 Å². The van der Waals surface area contributed by atoms with Gasteiger partial charge in [0.2, 0.25) is 5.91 Å². The van der Waals surface area contributed by atoms with E-state index in [0.29, 0.717) is 31.3 Å². The standard InChI is InChI=1S/C26H42N4O3/c1-2-23-21(20-28-12-5-6-13-28)18-24(33-23)26(32)30-16-8-7-15-29-14-4-3-10-22(29)19-25(31)27-11-9-17-30/h18,22H,2-17,19-20H2,1H3,(H,27,31). The van der Waals surface area contributed by atoms with Crippen LogP contribution in [0.3, 0.4) is 0 Å². The predicted molar refractivity (Wildman–Crippen MR) is 129 cm³/mol. The Morgan fingerprint density at radius 1 is 1.00 bits per heavy atom. The minimum Gasteiger partial charge on any atom is -0.456 e. The maximum absolute atomic E-state index is 13.4. The van der Waals surface area contributed by atoms with E-state index in [1.165, 1.54) is 25.7 Å². The van der Waals surface area contributed by atoms with Crippen LogP contribution in [0.2, 0.25) is 0 Å². The molecular weight excluding hydrogens is 416 g/mol. The molecule has 184 valence electrons. The monoisotopic (exact) mass is 458 g/mol.